The molecule has 1 atom stereocenters. The van der Waals surface area contributed by atoms with Crippen LogP contribution in [0.5, 0.6) is 0 Å². The fourth-order valence-electron chi connectivity index (χ4n) is 1.55. The van der Waals surface area contributed by atoms with Crippen LogP contribution in [0.15, 0.2) is 11.6 Å². The van der Waals surface area contributed by atoms with E-state index in [9.17, 15) is 0 Å². The Morgan fingerprint density at radius 3 is 2.88 bits per heavy atom. The van der Waals surface area contributed by atoms with Crippen LogP contribution in [0.1, 0.15) is 16.4 Å². The first-order valence-corrected chi connectivity index (χ1v) is 6.03. The molecule has 2 N–H and O–H groups in total. The van der Waals surface area contributed by atoms with Crippen molar-refractivity contribution in [3.63, 3.8) is 0 Å². The minimum atomic E-state index is 0.0576. The SMILES string of the molecule is Cc1csc(CC(N)Cc2cn(C)nn2)n1. The van der Waals surface area contributed by atoms with Crippen LogP contribution in [0.3, 0.4) is 0 Å². The highest BCUT2D eigenvalue weighted by Gasteiger charge is 2.10. The van der Waals surface area contributed by atoms with Crippen molar-refractivity contribution in [2.24, 2.45) is 12.8 Å². The third-order valence-corrected chi connectivity index (χ3v) is 3.21. The van der Waals surface area contributed by atoms with E-state index < -0.39 is 0 Å². The zero-order valence-electron chi connectivity index (χ0n) is 9.42. The number of hydrogen-bond acceptors (Lipinski definition) is 5. The number of thiazole rings is 1. The smallest absolute Gasteiger partial charge is 0.0943 e. The number of rotatable bonds is 4. The topological polar surface area (TPSA) is 69.6 Å². The van der Waals surface area contributed by atoms with E-state index in [2.05, 4.69) is 15.3 Å². The molecule has 0 spiro atoms. The van der Waals surface area contributed by atoms with Gasteiger partial charge in [0.15, 0.2) is 0 Å². The zero-order valence-corrected chi connectivity index (χ0v) is 10.2. The first-order valence-electron chi connectivity index (χ1n) is 5.15. The van der Waals surface area contributed by atoms with Crippen LogP contribution < -0.4 is 5.73 Å². The third kappa shape index (κ3) is 2.86. The van der Waals surface area contributed by atoms with Gasteiger partial charge in [0.1, 0.15) is 0 Å². The Hall–Kier alpha value is -1.27. The van der Waals surface area contributed by atoms with Gasteiger partial charge in [0, 0.05) is 43.2 Å². The number of aryl methyl sites for hydroxylation is 2. The molecule has 2 aromatic heterocycles. The summed E-state index contributed by atoms with van der Waals surface area (Å²) in [4.78, 5) is 4.39. The predicted molar refractivity (Wildman–Crippen MR) is 63.2 cm³/mol. The van der Waals surface area contributed by atoms with Crippen molar-refractivity contribution in [2.75, 3.05) is 0 Å². The minimum absolute atomic E-state index is 0.0576. The summed E-state index contributed by atoms with van der Waals surface area (Å²) < 4.78 is 1.69. The average molecular weight is 237 g/mol. The second-order valence-electron chi connectivity index (χ2n) is 3.93. The van der Waals surface area contributed by atoms with Gasteiger partial charge in [-0.25, -0.2) is 4.98 Å². The van der Waals surface area contributed by atoms with Crippen LogP contribution in [-0.2, 0) is 19.9 Å². The predicted octanol–water partition coefficient (Wildman–Crippen LogP) is 0.693. The van der Waals surface area contributed by atoms with Crippen LogP contribution in [0.25, 0.3) is 0 Å². The van der Waals surface area contributed by atoms with Crippen LogP contribution >= 0.6 is 11.3 Å². The van der Waals surface area contributed by atoms with Gasteiger partial charge in [0.2, 0.25) is 0 Å². The van der Waals surface area contributed by atoms with E-state index in [0.717, 1.165) is 29.2 Å². The van der Waals surface area contributed by atoms with Gasteiger partial charge in [-0.15, -0.1) is 16.4 Å². The first-order chi connectivity index (χ1) is 7.63. The van der Waals surface area contributed by atoms with E-state index in [1.165, 1.54) is 0 Å². The van der Waals surface area contributed by atoms with Crippen molar-refractivity contribution in [1.29, 1.82) is 0 Å². The van der Waals surface area contributed by atoms with Gasteiger partial charge in [0.25, 0.3) is 0 Å². The summed E-state index contributed by atoms with van der Waals surface area (Å²) >= 11 is 1.66. The Kier molecular flexibility index (Phi) is 3.31. The summed E-state index contributed by atoms with van der Waals surface area (Å²) in [5, 5.41) is 11.0. The van der Waals surface area contributed by atoms with E-state index in [-0.39, 0.29) is 6.04 Å². The third-order valence-electron chi connectivity index (χ3n) is 2.22. The monoisotopic (exact) mass is 237 g/mol. The number of nitrogens with two attached hydrogens (primary N) is 1. The van der Waals surface area contributed by atoms with Crippen molar-refractivity contribution < 1.29 is 0 Å². The van der Waals surface area contributed by atoms with Crippen LogP contribution in [0.4, 0.5) is 0 Å². The molecule has 0 aliphatic rings. The Morgan fingerprint density at radius 2 is 2.31 bits per heavy atom. The minimum Gasteiger partial charge on any atom is -0.327 e. The highest BCUT2D eigenvalue weighted by Crippen LogP contribution is 2.11. The lowest BCUT2D eigenvalue weighted by molar-refractivity contribution is 0.648. The maximum Gasteiger partial charge on any atom is 0.0943 e. The van der Waals surface area contributed by atoms with Crippen molar-refractivity contribution in [3.05, 3.63) is 28.0 Å². The molecule has 86 valence electrons. The van der Waals surface area contributed by atoms with E-state index in [4.69, 9.17) is 5.73 Å². The second kappa shape index (κ2) is 4.71. The molecular formula is C10H15N5S. The maximum atomic E-state index is 6.05. The van der Waals surface area contributed by atoms with Gasteiger partial charge >= 0.3 is 0 Å². The molecule has 0 radical (unpaired) electrons. The fourth-order valence-corrected chi connectivity index (χ4v) is 2.42. The molecule has 0 saturated heterocycles. The Labute approximate surface area is 98.3 Å². The lowest BCUT2D eigenvalue weighted by Crippen LogP contribution is -2.25. The summed E-state index contributed by atoms with van der Waals surface area (Å²) in [6.45, 7) is 1.99. The van der Waals surface area contributed by atoms with E-state index in [1.54, 1.807) is 16.0 Å². The molecular weight excluding hydrogens is 222 g/mol. The number of aromatic nitrogens is 4. The second-order valence-corrected chi connectivity index (χ2v) is 4.88. The summed E-state index contributed by atoms with van der Waals surface area (Å²) in [5.41, 5.74) is 8.04. The lowest BCUT2D eigenvalue weighted by Gasteiger charge is -2.06. The summed E-state index contributed by atoms with van der Waals surface area (Å²) in [5.74, 6) is 0. The van der Waals surface area contributed by atoms with Gasteiger partial charge in [-0.3, -0.25) is 4.68 Å². The average Bonchev–Trinajstić information content (AvgIpc) is 2.76. The quantitative estimate of drug-likeness (QED) is 0.849. The summed E-state index contributed by atoms with van der Waals surface area (Å²) in [6, 6.07) is 0.0576. The molecule has 0 amide bonds. The number of hydrogen-bond donors (Lipinski definition) is 1. The molecule has 0 saturated carbocycles. The standard InChI is InChI=1S/C10H15N5S/c1-7-6-16-10(12-7)4-8(11)3-9-5-15(2)14-13-9/h5-6,8H,3-4,11H2,1-2H3. The fraction of sp³-hybridized carbons (Fsp3) is 0.500. The van der Waals surface area contributed by atoms with Crippen LogP contribution in [-0.4, -0.2) is 26.0 Å². The van der Waals surface area contributed by atoms with Gasteiger partial charge in [-0.1, -0.05) is 5.21 Å². The van der Waals surface area contributed by atoms with E-state index in [0.29, 0.717) is 0 Å². The highest BCUT2D eigenvalue weighted by atomic mass is 32.1. The molecule has 0 aromatic carbocycles. The lowest BCUT2D eigenvalue weighted by atomic mass is 10.1. The molecule has 0 aliphatic heterocycles. The molecule has 5 nitrogen and oxygen atoms in total. The molecule has 2 aromatic rings. The van der Waals surface area contributed by atoms with Crippen LogP contribution in [0.2, 0.25) is 0 Å². The first kappa shape index (κ1) is 11.2. The van der Waals surface area contributed by atoms with Crippen molar-refractivity contribution in [1.82, 2.24) is 20.0 Å². The van der Waals surface area contributed by atoms with Gasteiger partial charge < -0.3 is 5.73 Å². The number of nitrogens with zero attached hydrogens (tertiary/aromatic N) is 4. The highest BCUT2D eigenvalue weighted by molar-refractivity contribution is 7.09. The molecule has 2 heterocycles. The Bertz CT molecular complexity index is 419. The Balaban J connectivity index is 1.91. The van der Waals surface area contributed by atoms with Crippen molar-refractivity contribution in [3.8, 4) is 0 Å². The molecule has 0 bridgehead atoms. The zero-order chi connectivity index (χ0) is 11.5. The molecule has 1 unspecified atom stereocenters. The van der Waals surface area contributed by atoms with Gasteiger partial charge in [0.05, 0.1) is 10.7 Å². The largest absolute Gasteiger partial charge is 0.327 e. The van der Waals surface area contributed by atoms with Gasteiger partial charge in [-0.2, -0.15) is 0 Å². The maximum absolute atomic E-state index is 6.05. The van der Waals surface area contributed by atoms with Crippen molar-refractivity contribution in [2.45, 2.75) is 25.8 Å². The Morgan fingerprint density at radius 1 is 1.50 bits per heavy atom. The van der Waals surface area contributed by atoms with Crippen molar-refractivity contribution >= 4 is 11.3 Å². The van der Waals surface area contributed by atoms with Gasteiger partial charge in [-0.05, 0) is 6.92 Å². The molecule has 6 heteroatoms. The molecule has 0 fully saturated rings. The molecule has 0 aliphatic carbocycles. The molecule has 16 heavy (non-hydrogen) atoms. The van der Waals surface area contributed by atoms with Crippen LogP contribution in [0, 0.1) is 6.92 Å². The summed E-state index contributed by atoms with van der Waals surface area (Å²) in [6.07, 6.45) is 3.44. The van der Waals surface area contributed by atoms with E-state index in [1.807, 2.05) is 25.5 Å². The summed E-state index contributed by atoms with van der Waals surface area (Å²) in [7, 11) is 1.85. The molecule has 2 rings (SSSR count). The van der Waals surface area contributed by atoms with E-state index >= 15 is 0 Å². The normalized spacial score (nSPS) is 12.9.